The van der Waals surface area contributed by atoms with Gasteiger partial charge < -0.3 is 14.8 Å². The van der Waals surface area contributed by atoms with Gasteiger partial charge in [-0.3, -0.25) is 9.78 Å². The van der Waals surface area contributed by atoms with Gasteiger partial charge in [-0.15, -0.1) is 0 Å². The maximum absolute atomic E-state index is 12.4. The molecule has 3 aromatic rings. The van der Waals surface area contributed by atoms with Crippen molar-refractivity contribution in [1.82, 2.24) is 9.97 Å². The number of nitrogens with one attached hydrogen (secondary N) is 1. The van der Waals surface area contributed by atoms with E-state index in [-0.39, 0.29) is 12.0 Å². The molecule has 0 aliphatic carbocycles. The van der Waals surface area contributed by atoms with E-state index in [9.17, 15) is 4.79 Å². The Morgan fingerprint density at radius 3 is 2.54 bits per heavy atom. The Morgan fingerprint density at radius 2 is 1.85 bits per heavy atom. The zero-order valence-corrected chi connectivity index (χ0v) is 14.5. The van der Waals surface area contributed by atoms with Crippen LogP contribution in [0.25, 0.3) is 0 Å². The van der Waals surface area contributed by atoms with Crippen LogP contribution in [0, 0.1) is 0 Å². The Labute approximate surface area is 151 Å². The van der Waals surface area contributed by atoms with E-state index in [0.717, 1.165) is 0 Å². The van der Waals surface area contributed by atoms with Gasteiger partial charge in [-0.25, -0.2) is 4.98 Å². The molecule has 1 aromatic carbocycles. The minimum absolute atomic E-state index is 0.0327. The molecular formula is C20H19N3O3. The maximum Gasteiger partial charge on any atom is 0.257 e. The Morgan fingerprint density at radius 1 is 1.04 bits per heavy atom. The van der Waals surface area contributed by atoms with Gasteiger partial charge in [0.1, 0.15) is 11.5 Å². The summed E-state index contributed by atoms with van der Waals surface area (Å²) in [5.41, 5.74) is 1.07. The lowest BCUT2D eigenvalue weighted by atomic mass is 10.2. The van der Waals surface area contributed by atoms with Crippen molar-refractivity contribution in [1.29, 1.82) is 0 Å². The van der Waals surface area contributed by atoms with E-state index in [2.05, 4.69) is 15.3 Å². The number of carbonyl (C=O) groups excluding carboxylic acids is 1. The number of rotatable bonds is 6. The molecule has 0 radical (unpaired) electrons. The molecule has 6 heteroatoms. The van der Waals surface area contributed by atoms with Gasteiger partial charge in [0.25, 0.3) is 5.91 Å². The van der Waals surface area contributed by atoms with E-state index in [4.69, 9.17) is 9.47 Å². The first kappa shape index (κ1) is 17.4. The van der Waals surface area contributed by atoms with Crippen LogP contribution < -0.4 is 14.8 Å². The Balaban J connectivity index is 1.66. The molecule has 3 rings (SSSR count). The van der Waals surface area contributed by atoms with Crippen LogP contribution in [0.15, 0.2) is 67.1 Å². The highest BCUT2D eigenvalue weighted by Crippen LogP contribution is 2.24. The van der Waals surface area contributed by atoms with Crippen LogP contribution in [0.2, 0.25) is 0 Å². The largest absolute Gasteiger partial charge is 0.475 e. The standard InChI is InChI=1S/C20H19N3O3/c1-14(2)25-19-7-6-15(13-22-19)20(24)23-16-4-3-5-18(12-16)26-17-8-10-21-11-9-17/h3-14H,1-2H3,(H,23,24). The summed E-state index contributed by atoms with van der Waals surface area (Å²) >= 11 is 0. The molecule has 0 aliphatic heterocycles. The average molecular weight is 349 g/mol. The number of pyridine rings is 2. The quantitative estimate of drug-likeness (QED) is 0.718. The number of aromatic nitrogens is 2. The molecule has 0 saturated heterocycles. The van der Waals surface area contributed by atoms with Crippen LogP contribution in [-0.2, 0) is 0 Å². The second-order valence-corrected chi connectivity index (χ2v) is 5.82. The molecule has 26 heavy (non-hydrogen) atoms. The summed E-state index contributed by atoms with van der Waals surface area (Å²) < 4.78 is 11.2. The van der Waals surface area contributed by atoms with E-state index >= 15 is 0 Å². The molecule has 2 aromatic heterocycles. The van der Waals surface area contributed by atoms with E-state index in [1.54, 1.807) is 48.8 Å². The first-order chi connectivity index (χ1) is 12.6. The Hall–Kier alpha value is -3.41. The summed E-state index contributed by atoms with van der Waals surface area (Å²) in [4.78, 5) is 20.5. The van der Waals surface area contributed by atoms with E-state index in [1.165, 1.54) is 6.20 Å². The number of ether oxygens (including phenoxy) is 2. The number of amides is 1. The summed E-state index contributed by atoms with van der Waals surface area (Å²) in [6.07, 6.45) is 4.83. The van der Waals surface area contributed by atoms with Gasteiger partial charge in [0, 0.05) is 36.4 Å². The highest BCUT2D eigenvalue weighted by Gasteiger charge is 2.09. The smallest absolute Gasteiger partial charge is 0.257 e. The third-order valence-electron chi connectivity index (χ3n) is 3.33. The van der Waals surface area contributed by atoms with E-state index in [0.29, 0.717) is 28.6 Å². The lowest BCUT2D eigenvalue weighted by molar-refractivity contribution is 0.102. The van der Waals surface area contributed by atoms with E-state index < -0.39 is 0 Å². The molecule has 0 aliphatic rings. The summed E-state index contributed by atoms with van der Waals surface area (Å²) in [5, 5.41) is 2.83. The number of nitrogens with zero attached hydrogens (tertiary/aromatic N) is 2. The van der Waals surface area contributed by atoms with Gasteiger partial charge in [-0.1, -0.05) is 6.07 Å². The number of hydrogen-bond acceptors (Lipinski definition) is 5. The van der Waals surface area contributed by atoms with Crippen molar-refractivity contribution in [3.05, 3.63) is 72.7 Å². The van der Waals surface area contributed by atoms with Gasteiger partial charge in [-0.05, 0) is 44.2 Å². The maximum atomic E-state index is 12.4. The third-order valence-corrected chi connectivity index (χ3v) is 3.33. The van der Waals surface area contributed by atoms with Gasteiger partial charge in [0.05, 0.1) is 11.7 Å². The topological polar surface area (TPSA) is 73.3 Å². The summed E-state index contributed by atoms with van der Waals surface area (Å²) in [6, 6.07) is 14.0. The molecule has 132 valence electrons. The second-order valence-electron chi connectivity index (χ2n) is 5.82. The molecule has 1 amide bonds. The van der Waals surface area contributed by atoms with Gasteiger partial charge in [0.2, 0.25) is 5.88 Å². The minimum atomic E-state index is -0.255. The molecule has 0 unspecified atom stereocenters. The highest BCUT2D eigenvalue weighted by atomic mass is 16.5. The van der Waals surface area contributed by atoms with Crippen LogP contribution in [-0.4, -0.2) is 22.0 Å². The number of carbonyl (C=O) groups is 1. The van der Waals surface area contributed by atoms with Crippen molar-refractivity contribution in [2.75, 3.05) is 5.32 Å². The summed E-state index contributed by atoms with van der Waals surface area (Å²) in [7, 11) is 0. The molecule has 2 heterocycles. The molecule has 0 saturated carbocycles. The fourth-order valence-corrected chi connectivity index (χ4v) is 2.21. The number of hydrogen-bond donors (Lipinski definition) is 1. The van der Waals surface area contributed by atoms with Crippen LogP contribution in [0.5, 0.6) is 17.4 Å². The molecule has 0 bridgehead atoms. The molecular weight excluding hydrogens is 330 g/mol. The minimum Gasteiger partial charge on any atom is -0.475 e. The predicted octanol–water partition coefficient (Wildman–Crippen LogP) is 4.31. The van der Waals surface area contributed by atoms with Gasteiger partial charge >= 0.3 is 0 Å². The lowest BCUT2D eigenvalue weighted by Gasteiger charge is -2.10. The van der Waals surface area contributed by atoms with Crippen LogP contribution in [0.3, 0.4) is 0 Å². The zero-order valence-electron chi connectivity index (χ0n) is 14.5. The van der Waals surface area contributed by atoms with Crippen molar-refractivity contribution >= 4 is 11.6 Å². The van der Waals surface area contributed by atoms with Crippen LogP contribution in [0.4, 0.5) is 5.69 Å². The fraction of sp³-hybridized carbons (Fsp3) is 0.150. The first-order valence-electron chi connectivity index (χ1n) is 8.22. The average Bonchev–Trinajstić information content (AvgIpc) is 2.63. The van der Waals surface area contributed by atoms with E-state index in [1.807, 2.05) is 26.0 Å². The number of anilines is 1. The zero-order chi connectivity index (χ0) is 18.4. The van der Waals surface area contributed by atoms with Crippen molar-refractivity contribution in [3.8, 4) is 17.4 Å². The van der Waals surface area contributed by atoms with Crippen molar-refractivity contribution in [2.24, 2.45) is 0 Å². The molecule has 0 spiro atoms. The van der Waals surface area contributed by atoms with Crippen molar-refractivity contribution in [3.63, 3.8) is 0 Å². The van der Waals surface area contributed by atoms with Crippen molar-refractivity contribution in [2.45, 2.75) is 20.0 Å². The fourth-order valence-electron chi connectivity index (χ4n) is 2.21. The summed E-state index contributed by atoms with van der Waals surface area (Å²) in [6.45, 7) is 3.84. The first-order valence-corrected chi connectivity index (χ1v) is 8.22. The second kappa shape index (κ2) is 8.11. The Kier molecular flexibility index (Phi) is 5.43. The molecule has 0 fully saturated rings. The SMILES string of the molecule is CC(C)Oc1ccc(C(=O)Nc2cccc(Oc3ccncc3)c2)cn1. The van der Waals surface area contributed by atoms with Crippen molar-refractivity contribution < 1.29 is 14.3 Å². The van der Waals surface area contributed by atoms with Gasteiger partial charge in [-0.2, -0.15) is 0 Å². The van der Waals surface area contributed by atoms with Crippen LogP contribution in [0.1, 0.15) is 24.2 Å². The highest BCUT2D eigenvalue weighted by molar-refractivity contribution is 6.04. The van der Waals surface area contributed by atoms with Gasteiger partial charge in [0.15, 0.2) is 0 Å². The Bertz CT molecular complexity index is 865. The normalized spacial score (nSPS) is 10.4. The number of benzene rings is 1. The summed E-state index contributed by atoms with van der Waals surface area (Å²) in [5.74, 6) is 1.53. The predicted molar refractivity (Wildman–Crippen MR) is 98.7 cm³/mol. The monoisotopic (exact) mass is 349 g/mol. The molecule has 0 atom stereocenters. The molecule has 6 nitrogen and oxygen atoms in total. The molecule has 1 N–H and O–H groups in total. The lowest BCUT2D eigenvalue weighted by Crippen LogP contribution is -2.13. The third kappa shape index (κ3) is 4.80. The van der Waals surface area contributed by atoms with Crippen LogP contribution >= 0.6 is 0 Å².